The van der Waals surface area contributed by atoms with Crippen molar-refractivity contribution in [2.75, 3.05) is 18.5 Å². The lowest BCUT2D eigenvalue weighted by Crippen LogP contribution is -2.38. The Bertz CT molecular complexity index is 806. The lowest BCUT2D eigenvalue weighted by Gasteiger charge is -2.19. The Morgan fingerprint density at radius 1 is 1.07 bits per heavy atom. The predicted molar refractivity (Wildman–Crippen MR) is 109 cm³/mol. The van der Waals surface area contributed by atoms with E-state index in [2.05, 4.69) is 12.2 Å². The molecule has 2 aromatic rings. The molecular weight excluding hydrogens is 359 g/mol. The molecule has 0 saturated carbocycles. The number of rotatable bonds is 9. The summed E-state index contributed by atoms with van der Waals surface area (Å²) in [6.45, 7) is 2.66. The fraction of sp³-hybridized carbons (Fsp3) is 0.364. The summed E-state index contributed by atoms with van der Waals surface area (Å²) in [5, 5.41) is 11.6. The second-order valence-electron chi connectivity index (χ2n) is 6.75. The molecular formula is C22H27FN2O3. The highest BCUT2D eigenvalue weighted by Crippen LogP contribution is 2.27. The highest BCUT2D eigenvalue weighted by Gasteiger charge is 2.15. The molecule has 150 valence electrons. The molecule has 0 atom stereocenters. The number of carbonyl (C=O) groups is 2. The minimum Gasteiger partial charge on any atom is -0.481 e. The van der Waals surface area contributed by atoms with E-state index in [1.807, 2.05) is 24.3 Å². The van der Waals surface area contributed by atoms with Gasteiger partial charge in [0.1, 0.15) is 5.82 Å². The van der Waals surface area contributed by atoms with E-state index in [1.165, 1.54) is 11.0 Å². The Hall–Kier alpha value is -2.89. The van der Waals surface area contributed by atoms with Crippen LogP contribution in [-0.2, 0) is 11.2 Å². The van der Waals surface area contributed by atoms with Crippen LogP contribution in [0.2, 0.25) is 0 Å². The molecule has 0 spiro atoms. The van der Waals surface area contributed by atoms with Gasteiger partial charge < -0.3 is 10.4 Å². The van der Waals surface area contributed by atoms with Crippen molar-refractivity contribution in [3.05, 3.63) is 53.8 Å². The number of aliphatic carboxylic acids is 1. The fourth-order valence-electron chi connectivity index (χ4n) is 2.86. The van der Waals surface area contributed by atoms with Gasteiger partial charge in [0.25, 0.3) is 0 Å². The molecule has 0 aromatic heterocycles. The van der Waals surface area contributed by atoms with E-state index < -0.39 is 11.8 Å². The van der Waals surface area contributed by atoms with E-state index in [0.717, 1.165) is 36.0 Å². The van der Waals surface area contributed by atoms with E-state index in [0.29, 0.717) is 13.0 Å². The van der Waals surface area contributed by atoms with Crippen LogP contribution < -0.4 is 10.2 Å². The Morgan fingerprint density at radius 3 is 2.39 bits per heavy atom. The van der Waals surface area contributed by atoms with Gasteiger partial charge in [0, 0.05) is 20.0 Å². The monoisotopic (exact) mass is 386 g/mol. The first-order valence-electron chi connectivity index (χ1n) is 9.54. The van der Waals surface area contributed by atoms with Crippen molar-refractivity contribution in [1.29, 1.82) is 0 Å². The Balaban J connectivity index is 2.11. The summed E-state index contributed by atoms with van der Waals surface area (Å²) in [5.41, 5.74) is 2.79. The van der Waals surface area contributed by atoms with Crippen LogP contribution in [0.1, 0.15) is 38.2 Å². The molecule has 0 unspecified atom stereocenters. The SMILES string of the molecule is CCCCCNC(=O)N(C)c1cc(-c2ccc(CCC(=O)O)cc2)ccc1F. The highest BCUT2D eigenvalue weighted by atomic mass is 19.1. The summed E-state index contributed by atoms with van der Waals surface area (Å²) in [7, 11) is 1.55. The molecule has 2 aromatic carbocycles. The lowest BCUT2D eigenvalue weighted by molar-refractivity contribution is -0.136. The maximum atomic E-state index is 14.3. The molecule has 0 fully saturated rings. The maximum absolute atomic E-state index is 14.3. The van der Waals surface area contributed by atoms with Crippen LogP contribution in [0.3, 0.4) is 0 Å². The van der Waals surface area contributed by atoms with Gasteiger partial charge in [-0.15, -0.1) is 0 Å². The standard InChI is InChI=1S/C22H27FN2O3/c1-3-4-5-14-24-22(28)25(2)20-15-18(11-12-19(20)23)17-9-6-16(7-10-17)8-13-21(26)27/h6-7,9-12,15H,3-5,8,13-14H2,1-2H3,(H,24,28)(H,26,27). The number of carboxylic acid groups (broad SMARTS) is 1. The summed E-state index contributed by atoms with van der Waals surface area (Å²) in [4.78, 5) is 24.2. The van der Waals surface area contributed by atoms with E-state index >= 15 is 0 Å². The Labute approximate surface area is 165 Å². The smallest absolute Gasteiger partial charge is 0.321 e. The molecule has 0 aliphatic heterocycles. The number of carboxylic acids is 1. The molecule has 0 saturated heterocycles. The van der Waals surface area contributed by atoms with Gasteiger partial charge in [-0.1, -0.05) is 50.1 Å². The number of carbonyl (C=O) groups excluding carboxylic acids is 1. The van der Waals surface area contributed by atoms with E-state index in [9.17, 15) is 14.0 Å². The third kappa shape index (κ3) is 6.08. The zero-order chi connectivity index (χ0) is 20.5. The van der Waals surface area contributed by atoms with Crippen LogP contribution in [0.15, 0.2) is 42.5 Å². The number of nitrogens with zero attached hydrogens (tertiary/aromatic N) is 1. The van der Waals surface area contributed by atoms with Crippen molar-refractivity contribution < 1.29 is 19.1 Å². The van der Waals surface area contributed by atoms with Crippen molar-refractivity contribution in [2.45, 2.75) is 39.0 Å². The van der Waals surface area contributed by atoms with Gasteiger partial charge in [0.2, 0.25) is 0 Å². The number of urea groups is 1. The molecule has 6 heteroatoms. The zero-order valence-corrected chi connectivity index (χ0v) is 16.4. The van der Waals surface area contributed by atoms with Gasteiger partial charge in [-0.05, 0) is 41.7 Å². The van der Waals surface area contributed by atoms with E-state index in [1.54, 1.807) is 19.2 Å². The van der Waals surface area contributed by atoms with Gasteiger partial charge in [-0.25, -0.2) is 9.18 Å². The molecule has 2 amide bonds. The number of amides is 2. The summed E-state index contributed by atoms with van der Waals surface area (Å²) in [6.07, 6.45) is 3.55. The number of halogens is 1. The van der Waals surface area contributed by atoms with Crippen LogP contribution >= 0.6 is 0 Å². The Kier molecular flexibility index (Phi) is 7.99. The van der Waals surface area contributed by atoms with Crippen molar-refractivity contribution in [1.82, 2.24) is 5.32 Å². The molecule has 0 radical (unpaired) electrons. The lowest BCUT2D eigenvalue weighted by atomic mass is 10.0. The van der Waals surface area contributed by atoms with Crippen molar-refractivity contribution >= 4 is 17.7 Å². The number of hydrogen-bond donors (Lipinski definition) is 2. The van der Waals surface area contributed by atoms with E-state index in [-0.39, 0.29) is 18.1 Å². The highest BCUT2D eigenvalue weighted by molar-refractivity contribution is 5.92. The predicted octanol–water partition coefficient (Wildman–Crippen LogP) is 4.85. The van der Waals surface area contributed by atoms with Crippen molar-refractivity contribution in [3.63, 3.8) is 0 Å². The average Bonchev–Trinajstić information content (AvgIpc) is 2.69. The number of hydrogen-bond acceptors (Lipinski definition) is 2. The first-order valence-corrected chi connectivity index (χ1v) is 9.54. The van der Waals surface area contributed by atoms with Gasteiger partial charge in [-0.3, -0.25) is 9.69 Å². The van der Waals surface area contributed by atoms with Gasteiger partial charge >= 0.3 is 12.0 Å². The number of anilines is 1. The van der Waals surface area contributed by atoms with E-state index in [4.69, 9.17) is 5.11 Å². The summed E-state index contributed by atoms with van der Waals surface area (Å²) in [6, 6.07) is 11.8. The minimum atomic E-state index is -0.830. The quantitative estimate of drug-likeness (QED) is 0.606. The third-order valence-electron chi connectivity index (χ3n) is 4.58. The first kappa shape index (κ1) is 21.4. The summed E-state index contributed by atoms with van der Waals surface area (Å²) in [5.74, 6) is -1.30. The molecule has 0 bridgehead atoms. The Morgan fingerprint density at radius 2 is 1.75 bits per heavy atom. The maximum Gasteiger partial charge on any atom is 0.321 e. The summed E-state index contributed by atoms with van der Waals surface area (Å²) < 4.78 is 14.3. The second kappa shape index (κ2) is 10.4. The molecule has 2 N–H and O–H groups in total. The number of aryl methyl sites for hydroxylation is 1. The number of unbranched alkanes of at least 4 members (excludes halogenated alkanes) is 2. The normalized spacial score (nSPS) is 10.5. The first-order chi connectivity index (χ1) is 13.4. The van der Waals surface area contributed by atoms with Crippen LogP contribution in [0, 0.1) is 5.82 Å². The molecule has 0 aliphatic rings. The zero-order valence-electron chi connectivity index (χ0n) is 16.4. The molecule has 0 heterocycles. The van der Waals surface area contributed by atoms with Crippen LogP contribution in [0.5, 0.6) is 0 Å². The third-order valence-corrected chi connectivity index (χ3v) is 4.58. The van der Waals surface area contributed by atoms with Crippen LogP contribution in [0.4, 0.5) is 14.9 Å². The topological polar surface area (TPSA) is 69.6 Å². The fourth-order valence-corrected chi connectivity index (χ4v) is 2.86. The number of benzene rings is 2. The van der Waals surface area contributed by atoms with Gasteiger partial charge in [-0.2, -0.15) is 0 Å². The van der Waals surface area contributed by atoms with Crippen molar-refractivity contribution in [2.24, 2.45) is 0 Å². The largest absolute Gasteiger partial charge is 0.481 e. The minimum absolute atomic E-state index is 0.0816. The van der Waals surface area contributed by atoms with Gasteiger partial charge in [0.15, 0.2) is 0 Å². The van der Waals surface area contributed by atoms with Crippen LogP contribution in [0.25, 0.3) is 11.1 Å². The van der Waals surface area contributed by atoms with Gasteiger partial charge in [0.05, 0.1) is 5.69 Å². The van der Waals surface area contributed by atoms with Crippen molar-refractivity contribution in [3.8, 4) is 11.1 Å². The molecule has 28 heavy (non-hydrogen) atoms. The van der Waals surface area contributed by atoms with Crippen LogP contribution in [-0.4, -0.2) is 30.7 Å². The molecule has 0 aliphatic carbocycles. The molecule has 2 rings (SSSR count). The molecule has 5 nitrogen and oxygen atoms in total. The second-order valence-corrected chi connectivity index (χ2v) is 6.75. The average molecular weight is 386 g/mol. The summed E-state index contributed by atoms with van der Waals surface area (Å²) >= 11 is 0. The number of nitrogens with one attached hydrogen (secondary N) is 1.